The number of fused-ring (bicyclic) bond motifs is 1. The van der Waals surface area contributed by atoms with Crippen molar-refractivity contribution in [1.29, 1.82) is 0 Å². The Labute approximate surface area is 162 Å². The zero-order chi connectivity index (χ0) is 19.5. The minimum atomic E-state index is -0.651. The number of nitrogens with zero attached hydrogens (tertiary/aromatic N) is 5. The fraction of sp³-hybridized carbons (Fsp3) is 0.167. The number of esters is 1. The van der Waals surface area contributed by atoms with E-state index in [2.05, 4.69) is 20.1 Å². The van der Waals surface area contributed by atoms with E-state index in [9.17, 15) is 9.18 Å². The number of hydrogen-bond donors (Lipinski definition) is 0. The second-order valence-electron chi connectivity index (χ2n) is 5.78. The van der Waals surface area contributed by atoms with Crippen LogP contribution in [0.4, 0.5) is 4.39 Å². The van der Waals surface area contributed by atoms with Gasteiger partial charge in [-0.15, -0.1) is 16.4 Å². The molecule has 0 aliphatic rings. The van der Waals surface area contributed by atoms with E-state index in [1.165, 1.54) is 28.0 Å². The van der Waals surface area contributed by atoms with Crippen LogP contribution in [0.25, 0.3) is 5.78 Å². The van der Waals surface area contributed by atoms with Gasteiger partial charge in [0.2, 0.25) is 0 Å². The topological polar surface area (TPSA) is 91.5 Å². The van der Waals surface area contributed by atoms with Gasteiger partial charge in [0.05, 0.1) is 5.69 Å². The Morgan fingerprint density at radius 3 is 2.79 bits per heavy atom. The molecule has 0 aliphatic carbocycles. The molecule has 0 bridgehead atoms. The second kappa shape index (κ2) is 7.69. The number of hydrogen-bond acceptors (Lipinski definition) is 8. The minimum absolute atomic E-state index is 0.00611. The molecular formula is C18H14FN5O3S. The Kier molecular flexibility index (Phi) is 4.94. The van der Waals surface area contributed by atoms with Crippen LogP contribution in [0.1, 0.15) is 27.0 Å². The van der Waals surface area contributed by atoms with E-state index in [0.29, 0.717) is 22.2 Å². The van der Waals surface area contributed by atoms with E-state index in [4.69, 9.17) is 9.47 Å². The van der Waals surface area contributed by atoms with Crippen LogP contribution >= 0.6 is 11.3 Å². The van der Waals surface area contributed by atoms with Crippen molar-refractivity contribution in [1.82, 2.24) is 24.6 Å². The summed E-state index contributed by atoms with van der Waals surface area (Å²) in [6.07, 6.45) is 1.60. The Morgan fingerprint density at radius 2 is 2.00 bits per heavy atom. The molecule has 4 rings (SSSR count). The molecule has 0 N–H and O–H groups in total. The number of rotatable bonds is 6. The molecule has 3 heterocycles. The van der Waals surface area contributed by atoms with Crippen LogP contribution in [0.3, 0.4) is 0 Å². The first-order valence-electron chi connectivity index (χ1n) is 8.25. The van der Waals surface area contributed by atoms with E-state index in [1.807, 2.05) is 6.92 Å². The maximum absolute atomic E-state index is 12.9. The fourth-order valence-electron chi connectivity index (χ4n) is 2.35. The van der Waals surface area contributed by atoms with Gasteiger partial charge in [0, 0.05) is 17.3 Å². The molecule has 0 saturated carbocycles. The van der Waals surface area contributed by atoms with E-state index in [0.717, 1.165) is 5.69 Å². The van der Waals surface area contributed by atoms with Crippen LogP contribution in [0, 0.1) is 12.7 Å². The van der Waals surface area contributed by atoms with Gasteiger partial charge >= 0.3 is 5.97 Å². The Morgan fingerprint density at radius 1 is 1.18 bits per heavy atom. The number of carbonyl (C=O) groups excluding carboxylic acids is 1. The van der Waals surface area contributed by atoms with Crippen LogP contribution in [0.2, 0.25) is 0 Å². The van der Waals surface area contributed by atoms with E-state index < -0.39 is 5.97 Å². The molecule has 4 aromatic rings. The lowest BCUT2D eigenvalue weighted by molar-refractivity contribution is 0.0454. The molecule has 0 fully saturated rings. The van der Waals surface area contributed by atoms with Gasteiger partial charge < -0.3 is 9.47 Å². The first kappa shape index (κ1) is 18.0. The van der Waals surface area contributed by atoms with Crippen LogP contribution in [0.15, 0.2) is 41.9 Å². The number of aromatic nitrogens is 5. The summed E-state index contributed by atoms with van der Waals surface area (Å²) in [5.41, 5.74) is 1.40. The first-order chi connectivity index (χ1) is 13.6. The van der Waals surface area contributed by atoms with Crippen molar-refractivity contribution < 1.29 is 18.7 Å². The zero-order valence-corrected chi connectivity index (χ0v) is 15.5. The molecule has 3 aromatic heterocycles. The zero-order valence-electron chi connectivity index (χ0n) is 14.7. The monoisotopic (exact) mass is 399 g/mol. The van der Waals surface area contributed by atoms with Gasteiger partial charge in [-0.25, -0.2) is 23.7 Å². The van der Waals surface area contributed by atoms with E-state index in [-0.39, 0.29) is 24.9 Å². The maximum atomic E-state index is 12.9. The molecule has 0 spiro atoms. The van der Waals surface area contributed by atoms with Crippen LogP contribution in [-0.2, 0) is 18.0 Å². The molecule has 10 heteroatoms. The lowest BCUT2D eigenvalue weighted by Gasteiger charge is -2.03. The smallest absolute Gasteiger partial charge is 0.378 e. The summed E-state index contributed by atoms with van der Waals surface area (Å²) >= 11 is 1.38. The fourth-order valence-corrected chi connectivity index (χ4v) is 3.04. The Balaban J connectivity index is 1.34. The van der Waals surface area contributed by atoms with Crippen molar-refractivity contribution >= 4 is 23.1 Å². The highest BCUT2D eigenvalue weighted by molar-refractivity contribution is 7.09. The van der Waals surface area contributed by atoms with E-state index in [1.54, 1.807) is 29.8 Å². The normalized spacial score (nSPS) is 10.9. The third kappa shape index (κ3) is 3.96. The number of benzene rings is 1. The molecule has 0 saturated heterocycles. The van der Waals surface area contributed by atoms with Crippen molar-refractivity contribution in [3.63, 3.8) is 0 Å². The van der Waals surface area contributed by atoms with Gasteiger partial charge in [0.1, 0.15) is 29.8 Å². The van der Waals surface area contributed by atoms with E-state index >= 15 is 0 Å². The summed E-state index contributed by atoms with van der Waals surface area (Å²) in [6.45, 7) is 2.07. The van der Waals surface area contributed by atoms with Gasteiger partial charge in [-0.1, -0.05) is 0 Å². The second-order valence-corrected chi connectivity index (χ2v) is 6.73. The molecule has 0 radical (unpaired) electrons. The maximum Gasteiger partial charge on any atom is 0.378 e. The highest BCUT2D eigenvalue weighted by Gasteiger charge is 2.16. The van der Waals surface area contributed by atoms with Gasteiger partial charge in [0.25, 0.3) is 11.6 Å². The van der Waals surface area contributed by atoms with Crippen molar-refractivity contribution in [2.24, 2.45) is 0 Å². The number of aryl methyl sites for hydroxylation is 1. The summed E-state index contributed by atoms with van der Waals surface area (Å²) in [6, 6.07) is 7.51. The molecular weight excluding hydrogens is 385 g/mol. The van der Waals surface area contributed by atoms with Gasteiger partial charge in [-0.3, -0.25) is 0 Å². The lowest BCUT2D eigenvalue weighted by Crippen LogP contribution is -2.08. The predicted octanol–water partition coefficient (Wildman–Crippen LogP) is 2.96. The van der Waals surface area contributed by atoms with Crippen molar-refractivity contribution in [2.45, 2.75) is 20.1 Å². The van der Waals surface area contributed by atoms with Crippen LogP contribution in [0.5, 0.6) is 5.75 Å². The third-order valence-electron chi connectivity index (χ3n) is 3.74. The van der Waals surface area contributed by atoms with Crippen LogP contribution in [-0.4, -0.2) is 30.5 Å². The summed E-state index contributed by atoms with van der Waals surface area (Å²) in [4.78, 5) is 24.6. The highest BCUT2D eigenvalue weighted by atomic mass is 32.1. The SMILES string of the molecule is Cc1ccnc2nc(C(=O)OCc3csc(COc4ccc(F)cc4)n3)nn12. The predicted molar refractivity (Wildman–Crippen MR) is 97.5 cm³/mol. The summed E-state index contributed by atoms with van der Waals surface area (Å²) in [7, 11) is 0. The quantitative estimate of drug-likeness (QED) is 0.460. The Bertz CT molecular complexity index is 1130. The van der Waals surface area contributed by atoms with Gasteiger partial charge in [-0.2, -0.15) is 4.98 Å². The van der Waals surface area contributed by atoms with Crippen molar-refractivity contribution in [3.8, 4) is 5.75 Å². The summed E-state index contributed by atoms with van der Waals surface area (Å²) in [5, 5.41) is 6.59. The minimum Gasteiger partial charge on any atom is -0.486 e. The molecule has 0 amide bonds. The summed E-state index contributed by atoms with van der Waals surface area (Å²) in [5.74, 6) is -0.150. The van der Waals surface area contributed by atoms with Crippen LogP contribution < -0.4 is 4.74 Å². The number of thiazole rings is 1. The average molecular weight is 399 g/mol. The molecule has 0 unspecified atom stereocenters. The average Bonchev–Trinajstić information content (AvgIpc) is 3.33. The number of ether oxygens (including phenoxy) is 2. The molecule has 0 aliphatic heterocycles. The lowest BCUT2D eigenvalue weighted by atomic mass is 10.3. The molecule has 142 valence electrons. The third-order valence-corrected chi connectivity index (χ3v) is 4.61. The first-order valence-corrected chi connectivity index (χ1v) is 9.13. The number of carbonyl (C=O) groups is 1. The molecule has 28 heavy (non-hydrogen) atoms. The Hall–Kier alpha value is -3.40. The standard InChI is InChI=1S/C18H14FN5O3S/c1-11-6-7-20-18-22-16(23-24(11)18)17(25)27-8-13-10-28-15(21-13)9-26-14-4-2-12(19)3-5-14/h2-7,10H,8-9H2,1H3. The van der Waals surface area contributed by atoms with Crippen molar-refractivity contribution in [3.05, 3.63) is 69.9 Å². The van der Waals surface area contributed by atoms with Gasteiger partial charge in [0.15, 0.2) is 0 Å². The molecule has 8 nitrogen and oxygen atoms in total. The van der Waals surface area contributed by atoms with Gasteiger partial charge in [-0.05, 0) is 37.3 Å². The number of halogens is 1. The highest BCUT2D eigenvalue weighted by Crippen LogP contribution is 2.16. The molecule has 0 atom stereocenters. The largest absolute Gasteiger partial charge is 0.486 e. The summed E-state index contributed by atoms with van der Waals surface area (Å²) < 4.78 is 25.1. The van der Waals surface area contributed by atoms with Crippen molar-refractivity contribution in [2.75, 3.05) is 0 Å². The molecule has 1 aromatic carbocycles.